The molecule has 0 saturated carbocycles. The van der Waals surface area contributed by atoms with Crippen LogP contribution in [-0.2, 0) is 0 Å². The van der Waals surface area contributed by atoms with E-state index < -0.39 is 5.82 Å². The van der Waals surface area contributed by atoms with Crippen LogP contribution in [0.1, 0.15) is 23.2 Å². The number of hydrogen-bond donors (Lipinski definition) is 2. The van der Waals surface area contributed by atoms with Crippen molar-refractivity contribution in [3.05, 3.63) is 35.9 Å². The lowest BCUT2D eigenvalue weighted by Crippen LogP contribution is -2.38. The van der Waals surface area contributed by atoms with Crippen molar-refractivity contribution in [2.75, 3.05) is 19.6 Å². The Labute approximate surface area is 122 Å². The molecule has 1 aliphatic rings. The standard InChI is InChI=1S/C15H17FN4O/c16-11-6-12(14-13(7-11)18-4-5-19-14)15(21)20-9-10-2-1-3-17-8-10/h4-7,10,17H,1-3,8-9H2,(H,20,21). The van der Waals surface area contributed by atoms with E-state index in [2.05, 4.69) is 20.6 Å². The van der Waals surface area contributed by atoms with Gasteiger partial charge in [-0.05, 0) is 37.9 Å². The van der Waals surface area contributed by atoms with E-state index in [1.807, 2.05) is 0 Å². The van der Waals surface area contributed by atoms with Gasteiger partial charge in [-0.25, -0.2) is 4.39 Å². The third-order valence-electron chi connectivity index (χ3n) is 3.73. The molecule has 0 radical (unpaired) electrons. The fraction of sp³-hybridized carbons (Fsp3) is 0.400. The van der Waals surface area contributed by atoms with E-state index in [9.17, 15) is 9.18 Å². The number of carbonyl (C=O) groups is 1. The Hall–Kier alpha value is -2.08. The number of fused-ring (bicyclic) bond motifs is 1. The van der Waals surface area contributed by atoms with Gasteiger partial charge in [0.25, 0.3) is 5.91 Å². The molecular weight excluding hydrogens is 271 g/mol. The Kier molecular flexibility index (Phi) is 4.06. The molecule has 2 N–H and O–H groups in total. The lowest BCUT2D eigenvalue weighted by molar-refractivity contribution is 0.0946. The van der Waals surface area contributed by atoms with Crippen molar-refractivity contribution in [3.63, 3.8) is 0 Å². The Bertz CT molecular complexity index is 655. The highest BCUT2D eigenvalue weighted by molar-refractivity contribution is 6.04. The second-order valence-corrected chi connectivity index (χ2v) is 5.30. The summed E-state index contributed by atoms with van der Waals surface area (Å²) < 4.78 is 13.6. The van der Waals surface area contributed by atoms with Gasteiger partial charge in [0.1, 0.15) is 11.3 Å². The molecular formula is C15H17FN4O. The van der Waals surface area contributed by atoms with Crippen LogP contribution in [-0.4, -0.2) is 35.5 Å². The van der Waals surface area contributed by atoms with Gasteiger partial charge in [-0.15, -0.1) is 0 Å². The largest absolute Gasteiger partial charge is 0.352 e. The minimum atomic E-state index is -0.479. The number of nitrogens with one attached hydrogen (secondary N) is 2. The van der Waals surface area contributed by atoms with Gasteiger partial charge in [-0.3, -0.25) is 14.8 Å². The number of benzene rings is 1. The van der Waals surface area contributed by atoms with Gasteiger partial charge >= 0.3 is 0 Å². The second kappa shape index (κ2) is 6.13. The topological polar surface area (TPSA) is 66.9 Å². The highest BCUT2D eigenvalue weighted by atomic mass is 19.1. The van der Waals surface area contributed by atoms with E-state index in [1.165, 1.54) is 24.5 Å². The summed E-state index contributed by atoms with van der Waals surface area (Å²) in [4.78, 5) is 20.5. The third-order valence-corrected chi connectivity index (χ3v) is 3.73. The first-order valence-electron chi connectivity index (χ1n) is 7.13. The zero-order valence-electron chi connectivity index (χ0n) is 11.6. The molecule has 1 saturated heterocycles. The molecule has 0 aliphatic carbocycles. The number of piperidine rings is 1. The van der Waals surface area contributed by atoms with Crippen molar-refractivity contribution in [2.45, 2.75) is 12.8 Å². The van der Waals surface area contributed by atoms with Gasteiger partial charge < -0.3 is 10.6 Å². The minimum Gasteiger partial charge on any atom is -0.352 e. The van der Waals surface area contributed by atoms with E-state index >= 15 is 0 Å². The quantitative estimate of drug-likeness (QED) is 0.898. The average molecular weight is 288 g/mol. The molecule has 2 heterocycles. The van der Waals surface area contributed by atoms with E-state index in [4.69, 9.17) is 0 Å². The van der Waals surface area contributed by atoms with Crippen molar-refractivity contribution in [2.24, 2.45) is 5.92 Å². The van der Waals surface area contributed by atoms with Gasteiger partial charge in [-0.2, -0.15) is 0 Å². The van der Waals surface area contributed by atoms with E-state index in [1.54, 1.807) is 0 Å². The highest BCUT2D eigenvalue weighted by Crippen LogP contribution is 2.17. The number of carbonyl (C=O) groups excluding carboxylic acids is 1. The SMILES string of the molecule is O=C(NCC1CCCNC1)c1cc(F)cc2nccnc12. The molecule has 1 atom stereocenters. The Morgan fingerprint density at radius 2 is 2.24 bits per heavy atom. The van der Waals surface area contributed by atoms with Gasteiger partial charge in [-0.1, -0.05) is 0 Å². The molecule has 1 aromatic heterocycles. The van der Waals surface area contributed by atoms with Crippen LogP contribution in [0.3, 0.4) is 0 Å². The van der Waals surface area contributed by atoms with Crippen molar-refractivity contribution in [1.29, 1.82) is 0 Å². The first-order chi connectivity index (χ1) is 10.2. The van der Waals surface area contributed by atoms with Crippen LogP contribution in [0.5, 0.6) is 0 Å². The predicted octanol–water partition coefficient (Wildman–Crippen LogP) is 1.50. The molecule has 3 rings (SSSR count). The first kappa shape index (κ1) is 13.9. The zero-order chi connectivity index (χ0) is 14.7. The van der Waals surface area contributed by atoms with Crippen molar-refractivity contribution < 1.29 is 9.18 Å². The molecule has 2 aromatic rings. The summed E-state index contributed by atoms with van der Waals surface area (Å²) >= 11 is 0. The molecule has 1 unspecified atom stereocenters. The zero-order valence-corrected chi connectivity index (χ0v) is 11.6. The average Bonchev–Trinajstić information content (AvgIpc) is 2.52. The summed E-state index contributed by atoms with van der Waals surface area (Å²) in [6.07, 6.45) is 5.20. The molecule has 21 heavy (non-hydrogen) atoms. The maximum absolute atomic E-state index is 13.6. The van der Waals surface area contributed by atoms with Crippen LogP contribution in [0, 0.1) is 11.7 Å². The second-order valence-electron chi connectivity index (χ2n) is 5.30. The van der Waals surface area contributed by atoms with Crippen molar-refractivity contribution in [1.82, 2.24) is 20.6 Å². The Morgan fingerprint density at radius 1 is 1.38 bits per heavy atom. The normalized spacial score (nSPS) is 18.6. The fourth-order valence-electron chi connectivity index (χ4n) is 2.64. The lowest BCUT2D eigenvalue weighted by Gasteiger charge is -2.22. The summed E-state index contributed by atoms with van der Waals surface area (Å²) in [6, 6.07) is 2.50. The van der Waals surface area contributed by atoms with Crippen LogP contribution in [0.4, 0.5) is 4.39 Å². The van der Waals surface area contributed by atoms with Crippen molar-refractivity contribution >= 4 is 16.9 Å². The smallest absolute Gasteiger partial charge is 0.253 e. The molecule has 0 spiro atoms. The molecule has 1 fully saturated rings. The monoisotopic (exact) mass is 288 g/mol. The third kappa shape index (κ3) is 3.16. The number of halogens is 1. The predicted molar refractivity (Wildman–Crippen MR) is 77.4 cm³/mol. The van der Waals surface area contributed by atoms with Gasteiger partial charge in [0.2, 0.25) is 0 Å². The maximum Gasteiger partial charge on any atom is 0.253 e. The lowest BCUT2D eigenvalue weighted by atomic mass is 9.99. The molecule has 1 amide bonds. The molecule has 110 valence electrons. The van der Waals surface area contributed by atoms with E-state index in [0.717, 1.165) is 25.9 Å². The number of aromatic nitrogens is 2. The molecule has 5 nitrogen and oxygen atoms in total. The summed E-state index contributed by atoms with van der Waals surface area (Å²) in [5, 5.41) is 6.18. The number of rotatable bonds is 3. The number of nitrogens with zero attached hydrogens (tertiary/aromatic N) is 2. The molecule has 1 aromatic carbocycles. The Morgan fingerprint density at radius 3 is 3.05 bits per heavy atom. The molecule has 1 aliphatic heterocycles. The van der Waals surface area contributed by atoms with Crippen molar-refractivity contribution in [3.8, 4) is 0 Å². The summed E-state index contributed by atoms with van der Waals surface area (Å²) in [5.41, 5.74) is 1.06. The summed E-state index contributed by atoms with van der Waals surface area (Å²) in [7, 11) is 0. The number of amides is 1. The number of hydrogen-bond acceptors (Lipinski definition) is 4. The van der Waals surface area contributed by atoms with Gasteiger partial charge in [0, 0.05) is 25.0 Å². The van der Waals surface area contributed by atoms with Crippen LogP contribution in [0.25, 0.3) is 11.0 Å². The van der Waals surface area contributed by atoms with E-state index in [0.29, 0.717) is 23.5 Å². The Balaban J connectivity index is 1.77. The van der Waals surface area contributed by atoms with Crippen LogP contribution in [0.2, 0.25) is 0 Å². The summed E-state index contributed by atoms with van der Waals surface area (Å²) in [6.45, 7) is 2.53. The van der Waals surface area contributed by atoms with Crippen LogP contribution in [0.15, 0.2) is 24.5 Å². The highest BCUT2D eigenvalue weighted by Gasteiger charge is 2.17. The fourth-order valence-corrected chi connectivity index (χ4v) is 2.64. The molecule has 6 heteroatoms. The maximum atomic E-state index is 13.6. The van der Waals surface area contributed by atoms with Gasteiger partial charge in [0.15, 0.2) is 0 Å². The first-order valence-corrected chi connectivity index (χ1v) is 7.13. The minimum absolute atomic E-state index is 0.238. The summed E-state index contributed by atoms with van der Waals surface area (Å²) in [5.74, 6) is -0.355. The van der Waals surface area contributed by atoms with E-state index in [-0.39, 0.29) is 11.5 Å². The van der Waals surface area contributed by atoms with Gasteiger partial charge in [0.05, 0.1) is 11.1 Å². The van der Waals surface area contributed by atoms with Crippen LogP contribution < -0.4 is 10.6 Å². The molecule has 0 bridgehead atoms. The van der Waals surface area contributed by atoms with Crippen LogP contribution >= 0.6 is 0 Å².